The van der Waals surface area contributed by atoms with Crippen LogP contribution in [0.25, 0.3) is 0 Å². The zero-order chi connectivity index (χ0) is 25.2. The Morgan fingerprint density at radius 1 is 1.26 bits per heavy atom. The van der Waals surface area contributed by atoms with Gasteiger partial charge in [-0.05, 0) is 55.8 Å². The first-order valence-corrected chi connectivity index (χ1v) is 12.9. The van der Waals surface area contributed by atoms with E-state index in [0.717, 1.165) is 49.2 Å². The molecule has 6 nitrogen and oxygen atoms in total. The summed E-state index contributed by atoms with van der Waals surface area (Å²) in [6.07, 6.45) is 1.42. The molecule has 192 valence electrons. The minimum absolute atomic E-state index is 0.0381. The smallest absolute Gasteiger partial charge is 0.383 e. The van der Waals surface area contributed by atoms with Crippen molar-refractivity contribution in [3.8, 4) is 0 Å². The summed E-state index contributed by atoms with van der Waals surface area (Å²) in [4.78, 5) is 19.2. The molecule has 0 bridgehead atoms. The number of hydrogen-bond acceptors (Lipinski definition) is 5. The Morgan fingerprint density at radius 3 is 2.69 bits per heavy atom. The number of benzene rings is 1. The first-order chi connectivity index (χ1) is 16.5. The number of nitrogens with zero attached hydrogens (tertiary/aromatic N) is 2. The summed E-state index contributed by atoms with van der Waals surface area (Å²) in [5.74, 6) is -0.693. The van der Waals surface area contributed by atoms with Crippen LogP contribution in [0.3, 0.4) is 0 Å². The normalized spacial score (nSPS) is 21.6. The molecule has 2 saturated heterocycles. The second kappa shape index (κ2) is 10.4. The van der Waals surface area contributed by atoms with Gasteiger partial charge in [0.1, 0.15) is 0 Å². The number of anilines is 1. The molecule has 0 radical (unpaired) electrons. The molecule has 4 rings (SSSR count). The lowest BCUT2D eigenvalue weighted by atomic mass is 9.95. The fraction of sp³-hybridized carbons (Fsp3) is 0.600. The highest BCUT2D eigenvalue weighted by atomic mass is 32.1. The van der Waals surface area contributed by atoms with Crippen molar-refractivity contribution < 1.29 is 22.7 Å². The van der Waals surface area contributed by atoms with Gasteiger partial charge < -0.3 is 19.9 Å². The van der Waals surface area contributed by atoms with Crippen LogP contribution in [0.1, 0.15) is 67.3 Å². The van der Waals surface area contributed by atoms with Crippen LogP contribution in [0.4, 0.5) is 18.9 Å². The molecule has 0 saturated carbocycles. The van der Waals surface area contributed by atoms with Crippen LogP contribution in [0.2, 0.25) is 0 Å². The van der Waals surface area contributed by atoms with Crippen molar-refractivity contribution in [3.63, 3.8) is 0 Å². The molecule has 1 aromatic carbocycles. The molecule has 2 atom stereocenters. The van der Waals surface area contributed by atoms with Gasteiger partial charge in [-0.2, -0.15) is 18.2 Å². The summed E-state index contributed by atoms with van der Waals surface area (Å²) in [5.41, 5.74) is -0.739. The quantitative estimate of drug-likeness (QED) is 0.577. The first-order valence-electron chi connectivity index (χ1n) is 12.1. The van der Waals surface area contributed by atoms with E-state index in [4.69, 9.17) is 4.74 Å². The lowest BCUT2D eigenvalue weighted by molar-refractivity contribution is -0.137. The topological polar surface area (TPSA) is 67.7 Å². The predicted octanol–water partition coefficient (Wildman–Crippen LogP) is 4.95. The Hall–Kier alpha value is -2.17. The van der Waals surface area contributed by atoms with Crippen LogP contribution < -0.4 is 15.4 Å². The molecule has 0 spiro atoms. The van der Waals surface area contributed by atoms with Crippen molar-refractivity contribution in [1.82, 2.24) is 9.88 Å². The van der Waals surface area contributed by atoms with Crippen LogP contribution in [0.15, 0.2) is 29.4 Å². The van der Waals surface area contributed by atoms with Crippen LogP contribution in [0, 0.1) is 0 Å². The monoisotopic (exact) mass is 510 g/mol. The average molecular weight is 511 g/mol. The van der Waals surface area contributed by atoms with Crippen LogP contribution >= 0.6 is 11.3 Å². The second-order valence-electron chi connectivity index (χ2n) is 10.3. The predicted molar refractivity (Wildman–Crippen MR) is 131 cm³/mol. The van der Waals surface area contributed by atoms with E-state index in [1.165, 1.54) is 17.4 Å². The molecule has 2 N–H and O–H groups in total. The number of nitrogens with one attached hydrogen (secondary N) is 2. The maximum absolute atomic E-state index is 13.5. The van der Waals surface area contributed by atoms with Gasteiger partial charge in [-0.25, -0.2) is 0 Å². The van der Waals surface area contributed by atoms with E-state index >= 15 is 0 Å². The van der Waals surface area contributed by atoms with Gasteiger partial charge in [-0.3, -0.25) is 4.79 Å². The fourth-order valence-corrected chi connectivity index (χ4v) is 5.37. The van der Waals surface area contributed by atoms with Crippen LogP contribution in [0.5, 0.6) is 0 Å². The Morgan fingerprint density at radius 2 is 2.06 bits per heavy atom. The molecule has 35 heavy (non-hydrogen) atoms. The van der Waals surface area contributed by atoms with E-state index in [-0.39, 0.29) is 23.1 Å². The van der Waals surface area contributed by atoms with Crippen molar-refractivity contribution in [2.45, 2.75) is 76.7 Å². The summed E-state index contributed by atoms with van der Waals surface area (Å²) in [7, 11) is 0. The third kappa shape index (κ3) is 6.54. The molecule has 0 aliphatic carbocycles. The Kier molecular flexibility index (Phi) is 7.73. The number of amides is 1. The summed E-state index contributed by atoms with van der Waals surface area (Å²) in [5, 5.41) is 6.51. The number of carbonyl (C=O) groups is 1. The summed E-state index contributed by atoms with van der Waals surface area (Å²) < 4.78 is 48.0. The average Bonchev–Trinajstić information content (AvgIpc) is 3.54. The number of ether oxygens (including phenoxy) is 1. The van der Waals surface area contributed by atoms with Gasteiger partial charge in [0.15, 0.2) is 4.80 Å². The number of halogens is 3. The van der Waals surface area contributed by atoms with Crippen molar-refractivity contribution in [2.24, 2.45) is 4.99 Å². The number of hydrogen-bond donors (Lipinski definition) is 2. The second-order valence-corrected chi connectivity index (χ2v) is 11.3. The van der Waals surface area contributed by atoms with Gasteiger partial charge in [0.25, 0.3) is 5.91 Å². The summed E-state index contributed by atoms with van der Waals surface area (Å²) >= 11 is 1.39. The molecule has 2 aliphatic heterocycles. The van der Waals surface area contributed by atoms with Crippen molar-refractivity contribution in [1.29, 1.82) is 0 Å². The minimum Gasteiger partial charge on any atom is -0.383 e. The van der Waals surface area contributed by atoms with E-state index in [0.29, 0.717) is 30.2 Å². The summed E-state index contributed by atoms with van der Waals surface area (Å²) in [6, 6.07) is 3.45. The third-order valence-corrected chi connectivity index (χ3v) is 7.81. The zero-order valence-corrected chi connectivity index (χ0v) is 21.2. The molecule has 1 amide bonds. The van der Waals surface area contributed by atoms with Crippen molar-refractivity contribution >= 4 is 22.9 Å². The maximum Gasteiger partial charge on any atom is 0.416 e. The highest BCUT2D eigenvalue weighted by Gasteiger charge is 2.32. The lowest BCUT2D eigenvalue weighted by Crippen LogP contribution is -2.29. The van der Waals surface area contributed by atoms with Gasteiger partial charge in [0, 0.05) is 36.0 Å². The van der Waals surface area contributed by atoms with E-state index in [1.54, 1.807) is 0 Å². The van der Waals surface area contributed by atoms with E-state index in [2.05, 4.69) is 36.4 Å². The molecule has 1 aromatic heterocycles. The number of carbonyl (C=O) groups excluding carboxylic acids is 1. The SMILES string of the molecule is CC(C)(C)c1cn(CC2CCCO2)c(=NC(=O)c2cc(C(F)(F)F)ccc2NCC2CCCN2)s1. The Labute approximate surface area is 207 Å². The van der Waals surface area contributed by atoms with Gasteiger partial charge in [0.2, 0.25) is 0 Å². The minimum atomic E-state index is -4.55. The highest BCUT2D eigenvalue weighted by molar-refractivity contribution is 7.09. The van der Waals surface area contributed by atoms with Gasteiger partial charge >= 0.3 is 6.18 Å². The molecule has 2 aromatic rings. The highest BCUT2D eigenvalue weighted by Crippen LogP contribution is 2.32. The lowest BCUT2D eigenvalue weighted by Gasteiger charge is -2.16. The van der Waals surface area contributed by atoms with Crippen LogP contribution in [-0.4, -0.2) is 42.3 Å². The van der Waals surface area contributed by atoms with Crippen molar-refractivity contribution in [2.75, 3.05) is 25.0 Å². The van der Waals surface area contributed by atoms with E-state index < -0.39 is 17.6 Å². The van der Waals surface area contributed by atoms with Gasteiger partial charge in [0.05, 0.1) is 23.8 Å². The number of thiazole rings is 1. The molecular weight excluding hydrogens is 477 g/mol. The van der Waals surface area contributed by atoms with Gasteiger partial charge in [-0.1, -0.05) is 20.8 Å². The number of alkyl halides is 3. The third-order valence-electron chi connectivity index (χ3n) is 6.36. The van der Waals surface area contributed by atoms with Crippen LogP contribution in [-0.2, 0) is 22.9 Å². The van der Waals surface area contributed by atoms with E-state index in [1.807, 2.05) is 10.8 Å². The molecular formula is C25H33F3N4O2S. The Bertz CT molecular complexity index is 1110. The molecule has 10 heteroatoms. The van der Waals surface area contributed by atoms with E-state index in [9.17, 15) is 18.0 Å². The molecule has 2 unspecified atom stereocenters. The zero-order valence-electron chi connectivity index (χ0n) is 20.4. The first kappa shape index (κ1) is 25.9. The fourth-order valence-electron chi connectivity index (χ4n) is 4.32. The number of rotatable bonds is 6. The molecule has 3 heterocycles. The molecule has 2 fully saturated rings. The van der Waals surface area contributed by atoms with Gasteiger partial charge in [-0.15, -0.1) is 11.3 Å². The summed E-state index contributed by atoms with van der Waals surface area (Å²) in [6.45, 7) is 8.94. The van der Waals surface area contributed by atoms with Crippen molar-refractivity contribution in [3.05, 3.63) is 45.2 Å². The largest absolute Gasteiger partial charge is 0.416 e. The Balaban J connectivity index is 1.69. The molecule has 2 aliphatic rings. The standard InChI is InChI=1S/C25H33F3N4O2S/c1-24(2,3)21-15-32(14-18-7-5-11-34-18)23(35-21)31-22(33)19-12-16(25(26,27)28)8-9-20(19)30-13-17-6-4-10-29-17/h8-9,12,15,17-18,29-30H,4-7,10-11,13-14H2,1-3H3. The maximum atomic E-state index is 13.5. The number of aromatic nitrogens is 1.